The van der Waals surface area contributed by atoms with Crippen LogP contribution in [0.1, 0.15) is 10.4 Å². The van der Waals surface area contributed by atoms with Gasteiger partial charge in [-0.25, -0.2) is 0 Å². The molecule has 0 atom stereocenters. The van der Waals surface area contributed by atoms with E-state index < -0.39 is 0 Å². The molecule has 3 nitrogen and oxygen atoms in total. The number of hydrogen-bond donors (Lipinski definition) is 2. The number of benzene rings is 2. The Kier molecular flexibility index (Phi) is 2.27. The van der Waals surface area contributed by atoms with E-state index in [0.29, 0.717) is 10.6 Å². The Morgan fingerprint density at radius 2 is 1.59 bits per heavy atom. The number of carbonyl (C=O) groups excluding carboxylic acids is 1. The number of halogens is 1. The molecule has 0 aliphatic carbocycles. The first-order valence-electron chi connectivity index (χ1n) is 5.21. The molecule has 0 radical (unpaired) electrons. The monoisotopic (exact) mass is 244 g/mol. The standard InChI is InChI=1S/C13H9ClN2O/c14-8-5-6-9-12(7-8)15-10-3-1-2-4-11(10)16-13(9)17/h1-7,15H,(H,16,17). The summed E-state index contributed by atoms with van der Waals surface area (Å²) in [5.41, 5.74) is 2.94. The van der Waals surface area contributed by atoms with Gasteiger partial charge >= 0.3 is 0 Å². The van der Waals surface area contributed by atoms with Crippen molar-refractivity contribution in [2.75, 3.05) is 10.6 Å². The number of hydrogen-bond acceptors (Lipinski definition) is 2. The van der Waals surface area contributed by atoms with Gasteiger partial charge in [0.15, 0.2) is 0 Å². The van der Waals surface area contributed by atoms with Crippen LogP contribution in [0.5, 0.6) is 0 Å². The molecule has 1 aliphatic rings. The minimum absolute atomic E-state index is 0.130. The summed E-state index contributed by atoms with van der Waals surface area (Å²) in [6.07, 6.45) is 0. The third kappa shape index (κ3) is 1.74. The highest BCUT2D eigenvalue weighted by Gasteiger charge is 2.18. The molecular formula is C13H9ClN2O. The lowest BCUT2D eigenvalue weighted by molar-refractivity contribution is 0.102. The Bertz CT molecular complexity index is 610. The van der Waals surface area contributed by atoms with Gasteiger partial charge in [-0.15, -0.1) is 0 Å². The number of anilines is 3. The van der Waals surface area contributed by atoms with Crippen LogP contribution in [0.15, 0.2) is 42.5 Å². The van der Waals surface area contributed by atoms with Crippen molar-refractivity contribution in [1.82, 2.24) is 0 Å². The van der Waals surface area contributed by atoms with E-state index in [2.05, 4.69) is 10.6 Å². The van der Waals surface area contributed by atoms with Crippen molar-refractivity contribution in [3.8, 4) is 0 Å². The molecule has 1 aliphatic heterocycles. The van der Waals surface area contributed by atoms with Gasteiger partial charge in [0.1, 0.15) is 0 Å². The van der Waals surface area contributed by atoms with Crippen LogP contribution in [0, 0.1) is 0 Å². The van der Waals surface area contributed by atoms with Gasteiger partial charge in [0, 0.05) is 5.02 Å². The summed E-state index contributed by atoms with van der Waals surface area (Å²) in [4.78, 5) is 12.0. The topological polar surface area (TPSA) is 41.1 Å². The maximum absolute atomic E-state index is 12.0. The van der Waals surface area contributed by atoms with Crippen molar-refractivity contribution >= 4 is 34.6 Å². The van der Waals surface area contributed by atoms with E-state index in [9.17, 15) is 4.79 Å². The Balaban J connectivity index is 2.18. The van der Waals surface area contributed by atoms with Crippen LogP contribution in [-0.4, -0.2) is 5.91 Å². The van der Waals surface area contributed by atoms with Crippen molar-refractivity contribution in [3.63, 3.8) is 0 Å². The van der Waals surface area contributed by atoms with Gasteiger partial charge in [-0.1, -0.05) is 23.7 Å². The van der Waals surface area contributed by atoms with Crippen LogP contribution in [0.2, 0.25) is 5.02 Å². The molecule has 0 saturated carbocycles. The van der Waals surface area contributed by atoms with Gasteiger partial charge in [-0.05, 0) is 30.3 Å². The minimum Gasteiger partial charge on any atom is -0.353 e. The summed E-state index contributed by atoms with van der Waals surface area (Å²) in [7, 11) is 0. The van der Waals surface area contributed by atoms with Gasteiger partial charge in [0.25, 0.3) is 5.91 Å². The number of rotatable bonds is 0. The summed E-state index contributed by atoms with van der Waals surface area (Å²) in [5, 5.41) is 6.66. The van der Waals surface area contributed by atoms with Crippen molar-refractivity contribution in [1.29, 1.82) is 0 Å². The lowest BCUT2D eigenvalue weighted by Gasteiger charge is -2.07. The molecule has 0 saturated heterocycles. The van der Waals surface area contributed by atoms with Gasteiger partial charge in [-0.3, -0.25) is 4.79 Å². The van der Waals surface area contributed by atoms with E-state index in [1.165, 1.54) is 0 Å². The summed E-state index contributed by atoms with van der Waals surface area (Å²) < 4.78 is 0. The summed E-state index contributed by atoms with van der Waals surface area (Å²) in [6, 6.07) is 12.7. The molecule has 0 bridgehead atoms. The first kappa shape index (κ1) is 10.2. The molecule has 1 heterocycles. The lowest BCUT2D eigenvalue weighted by atomic mass is 10.1. The minimum atomic E-state index is -0.130. The zero-order valence-electron chi connectivity index (χ0n) is 8.83. The zero-order chi connectivity index (χ0) is 11.8. The Hall–Kier alpha value is -2.00. The summed E-state index contributed by atoms with van der Waals surface area (Å²) in [6.45, 7) is 0. The van der Waals surface area contributed by atoms with Crippen molar-refractivity contribution < 1.29 is 4.79 Å². The van der Waals surface area contributed by atoms with Crippen LogP contribution < -0.4 is 10.6 Å². The highest BCUT2D eigenvalue weighted by Crippen LogP contribution is 2.32. The number of para-hydroxylation sites is 2. The fraction of sp³-hybridized carbons (Fsp3) is 0. The molecule has 0 aromatic heterocycles. The molecule has 4 heteroatoms. The Morgan fingerprint density at radius 1 is 0.882 bits per heavy atom. The second kappa shape index (κ2) is 3.79. The van der Waals surface area contributed by atoms with Gasteiger partial charge in [0.2, 0.25) is 0 Å². The predicted molar refractivity (Wildman–Crippen MR) is 69.1 cm³/mol. The van der Waals surface area contributed by atoms with E-state index in [1.54, 1.807) is 18.2 Å². The largest absolute Gasteiger partial charge is 0.353 e. The molecule has 0 unspecified atom stereocenters. The van der Waals surface area contributed by atoms with Gasteiger partial charge in [0.05, 0.1) is 22.6 Å². The molecule has 2 N–H and O–H groups in total. The molecule has 17 heavy (non-hydrogen) atoms. The SMILES string of the molecule is O=C1Nc2ccccc2Nc2cc(Cl)ccc21. The highest BCUT2D eigenvalue weighted by molar-refractivity contribution is 6.31. The van der Waals surface area contributed by atoms with Gasteiger partial charge in [-0.2, -0.15) is 0 Å². The van der Waals surface area contributed by atoms with E-state index in [0.717, 1.165) is 17.1 Å². The molecule has 3 rings (SSSR count). The fourth-order valence-electron chi connectivity index (χ4n) is 1.85. The maximum Gasteiger partial charge on any atom is 0.257 e. The van der Waals surface area contributed by atoms with E-state index in [-0.39, 0.29) is 5.91 Å². The normalized spacial score (nSPS) is 12.9. The summed E-state index contributed by atoms with van der Waals surface area (Å²) in [5.74, 6) is -0.130. The molecular weight excluding hydrogens is 236 g/mol. The van der Waals surface area contributed by atoms with Crippen LogP contribution >= 0.6 is 11.6 Å². The van der Waals surface area contributed by atoms with Crippen LogP contribution in [-0.2, 0) is 0 Å². The third-order valence-corrected chi connectivity index (χ3v) is 2.91. The molecule has 0 spiro atoms. The molecule has 2 aromatic carbocycles. The van der Waals surface area contributed by atoms with E-state index in [4.69, 9.17) is 11.6 Å². The van der Waals surface area contributed by atoms with Crippen molar-refractivity contribution in [3.05, 3.63) is 53.1 Å². The second-order valence-corrected chi connectivity index (χ2v) is 4.25. The molecule has 2 aromatic rings. The van der Waals surface area contributed by atoms with E-state index >= 15 is 0 Å². The quantitative estimate of drug-likeness (QED) is 0.743. The van der Waals surface area contributed by atoms with Crippen molar-refractivity contribution in [2.45, 2.75) is 0 Å². The number of carbonyl (C=O) groups is 1. The third-order valence-electron chi connectivity index (χ3n) is 2.67. The van der Waals surface area contributed by atoms with Crippen LogP contribution in [0.3, 0.4) is 0 Å². The van der Waals surface area contributed by atoms with Gasteiger partial charge < -0.3 is 10.6 Å². The lowest BCUT2D eigenvalue weighted by Crippen LogP contribution is -2.10. The number of amides is 1. The fourth-order valence-corrected chi connectivity index (χ4v) is 2.03. The van der Waals surface area contributed by atoms with Crippen LogP contribution in [0.25, 0.3) is 0 Å². The smallest absolute Gasteiger partial charge is 0.257 e. The first-order chi connectivity index (χ1) is 8.24. The second-order valence-electron chi connectivity index (χ2n) is 3.81. The highest BCUT2D eigenvalue weighted by atomic mass is 35.5. The Morgan fingerprint density at radius 3 is 2.35 bits per heavy atom. The molecule has 1 amide bonds. The maximum atomic E-state index is 12.0. The average Bonchev–Trinajstić information content (AvgIpc) is 2.44. The van der Waals surface area contributed by atoms with Crippen molar-refractivity contribution in [2.24, 2.45) is 0 Å². The van der Waals surface area contributed by atoms with E-state index in [1.807, 2.05) is 24.3 Å². The summed E-state index contributed by atoms with van der Waals surface area (Å²) >= 11 is 5.93. The number of fused-ring (bicyclic) bond motifs is 2. The number of nitrogens with one attached hydrogen (secondary N) is 2. The predicted octanol–water partition coefficient (Wildman–Crippen LogP) is 3.65. The van der Waals surface area contributed by atoms with Crippen LogP contribution in [0.4, 0.5) is 17.1 Å². The molecule has 0 fully saturated rings. The first-order valence-corrected chi connectivity index (χ1v) is 5.59. The molecule has 84 valence electrons. The Labute approximate surface area is 103 Å². The average molecular weight is 245 g/mol. The zero-order valence-corrected chi connectivity index (χ0v) is 9.58.